The number of benzene rings is 4. The number of hydrogen-bond donors (Lipinski definition) is 1. The Bertz CT molecular complexity index is 1230. The van der Waals surface area contributed by atoms with Crippen LogP contribution < -0.4 is 20.0 Å². The van der Waals surface area contributed by atoms with E-state index >= 15 is 0 Å². The molecular formula is C23H19NO4. The average molecular weight is 373 g/mol. The molecule has 0 bridgehead atoms. The standard InChI is InChI=1S/C23H19NO4/c1-14-9-11-18-20(24(26)28-17-7-5-4-6-8-17)13-21(27-16(3)25)19-12-10-15(2)22(14)23(18)19/h4-13,26H,2H2,1,3H3. The van der Waals surface area contributed by atoms with Gasteiger partial charge in [-0.1, -0.05) is 48.2 Å². The van der Waals surface area contributed by atoms with Gasteiger partial charge >= 0.3 is 5.97 Å². The molecule has 4 aromatic rings. The number of ether oxygens (including phenoxy) is 1. The normalized spacial score (nSPS) is 11.0. The molecule has 140 valence electrons. The van der Waals surface area contributed by atoms with E-state index in [4.69, 9.17) is 9.57 Å². The lowest BCUT2D eigenvalue weighted by atomic mass is 9.94. The molecule has 5 nitrogen and oxygen atoms in total. The van der Waals surface area contributed by atoms with Crippen LogP contribution in [0.15, 0.2) is 60.7 Å². The van der Waals surface area contributed by atoms with E-state index in [1.807, 2.05) is 49.4 Å². The van der Waals surface area contributed by atoms with Crippen LogP contribution in [0.2, 0.25) is 0 Å². The Kier molecular flexibility index (Phi) is 4.37. The Labute approximate surface area is 161 Å². The Balaban J connectivity index is 1.99. The first kappa shape index (κ1) is 17.8. The van der Waals surface area contributed by atoms with Crippen LogP contribution in [0.3, 0.4) is 0 Å². The maximum Gasteiger partial charge on any atom is 0.308 e. The van der Waals surface area contributed by atoms with Crippen molar-refractivity contribution in [2.24, 2.45) is 0 Å². The van der Waals surface area contributed by atoms with Crippen molar-refractivity contribution in [2.75, 3.05) is 5.23 Å². The van der Waals surface area contributed by atoms with Crippen molar-refractivity contribution in [1.29, 1.82) is 0 Å². The monoisotopic (exact) mass is 373 g/mol. The van der Waals surface area contributed by atoms with Gasteiger partial charge in [0.1, 0.15) is 11.4 Å². The maximum atomic E-state index is 11.7. The molecule has 0 radical (unpaired) electrons. The minimum Gasteiger partial charge on any atom is -0.426 e. The van der Waals surface area contributed by atoms with Gasteiger partial charge in [0.2, 0.25) is 0 Å². The second kappa shape index (κ2) is 6.87. The third kappa shape index (κ3) is 3.02. The van der Waals surface area contributed by atoms with Crippen molar-refractivity contribution in [1.82, 2.24) is 0 Å². The summed E-state index contributed by atoms with van der Waals surface area (Å²) >= 11 is 0. The molecule has 0 spiro atoms. The number of aryl methyl sites for hydroxylation is 1. The van der Waals surface area contributed by atoms with Crippen molar-refractivity contribution in [3.63, 3.8) is 0 Å². The van der Waals surface area contributed by atoms with Crippen LogP contribution in [-0.2, 0) is 4.79 Å². The van der Waals surface area contributed by atoms with Gasteiger partial charge in [0.15, 0.2) is 5.75 Å². The SMILES string of the molecule is C=c1ccc2c(OC(C)=O)cc(N(O)Oc3ccccc3)c3ccc(C)c1c23. The predicted octanol–water partition coefficient (Wildman–Crippen LogP) is 4.55. The quantitative estimate of drug-likeness (QED) is 0.323. The molecule has 0 atom stereocenters. The number of rotatable bonds is 4. The summed E-state index contributed by atoms with van der Waals surface area (Å²) in [6, 6.07) is 18.2. The van der Waals surface area contributed by atoms with Crippen LogP contribution in [0.25, 0.3) is 28.1 Å². The summed E-state index contributed by atoms with van der Waals surface area (Å²) in [7, 11) is 0. The molecule has 0 fully saturated rings. The molecule has 0 aliphatic carbocycles. The van der Waals surface area contributed by atoms with Gasteiger partial charge in [0.05, 0.1) is 0 Å². The number of carbonyl (C=O) groups excluding carboxylic acids is 1. The number of carbonyl (C=O) groups is 1. The van der Waals surface area contributed by atoms with Gasteiger partial charge in [-0.25, -0.2) is 0 Å². The average Bonchev–Trinajstić information content (AvgIpc) is 2.66. The van der Waals surface area contributed by atoms with Crippen LogP contribution in [0.5, 0.6) is 11.5 Å². The molecule has 4 rings (SSSR count). The minimum absolute atomic E-state index is 0.348. The van der Waals surface area contributed by atoms with Gasteiger partial charge in [-0.3, -0.25) is 10.0 Å². The highest BCUT2D eigenvalue weighted by molar-refractivity contribution is 6.17. The molecule has 0 aliphatic heterocycles. The first-order valence-corrected chi connectivity index (χ1v) is 8.84. The molecule has 28 heavy (non-hydrogen) atoms. The molecular weight excluding hydrogens is 354 g/mol. The molecule has 5 heteroatoms. The molecule has 0 unspecified atom stereocenters. The van der Waals surface area contributed by atoms with Gasteiger partial charge in [0, 0.05) is 29.1 Å². The van der Waals surface area contributed by atoms with Crippen LogP contribution >= 0.6 is 0 Å². The topological polar surface area (TPSA) is 59.0 Å². The van der Waals surface area contributed by atoms with Gasteiger partial charge in [-0.15, -0.1) is 0 Å². The highest BCUT2D eigenvalue weighted by atomic mass is 16.9. The molecule has 0 amide bonds. The highest BCUT2D eigenvalue weighted by Crippen LogP contribution is 2.40. The fraction of sp³-hybridized carbons (Fsp3) is 0.0870. The first-order chi connectivity index (χ1) is 13.5. The zero-order valence-corrected chi connectivity index (χ0v) is 15.6. The fourth-order valence-electron chi connectivity index (χ4n) is 3.48. The summed E-state index contributed by atoms with van der Waals surface area (Å²) in [6.45, 7) is 7.47. The molecule has 1 N–H and O–H groups in total. The van der Waals surface area contributed by atoms with Gasteiger partial charge < -0.3 is 9.57 Å². The summed E-state index contributed by atoms with van der Waals surface area (Å²) in [5.74, 6) is 0.378. The van der Waals surface area contributed by atoms with E-state index in [2.05, 4.69) is 6.58 Å². The van der Waals surface area contributed by atoms with Crippen LogP contribution in [0.4, 0.5) is 5.69 Å². The number of hydrogen-bond acceptors (Lipinski definition) is 5. The van der Waals surface area contributed by atoms with Crippen molar-refractivity contribution >= 4 is 39.8 Å². The first-order valence-electron chi connectivity index (χ1n) is 8.84. The van der Waals surface area contributed by atoms with Crippen molar-refractivity contribution in [3.8, 4) is 11.5 Å². The Morgan fingerprint density at radius 2 is 1.71 bits per heavy atom. The molecule has 0 saturated heterocycles. The zero-order chi connectivity index (χ0) is 19.8. The number of para-hydroxylation sites is 1. The Morgan fingerprint density at radius 3 is 2.43 bits per heavy atom. The van der Waals surface area contributed by atoms with Crippen molar-refractivity contribution in [3.05, 3.63) is 71.4 Å². The van der Waals surface area contributed by atoms with E-state index in [-0.39, 0.29) is 0 Å². The molecule has 4 aromatic carbocycles. The lowest BCUT2D eigenvalue weighted by molar-refractivity contribution is -0.131. The van der Waals surface area contributed by atoms with E-state index in [9.17, 15) is 10.0 Å². The Morgan fingerprint density at radius 1 is 1.00 bits per heavy atom. The van der Waals surface area contributed by atoms with Crippen LogP contribution in [-0.4, -0.2) is 11.2 Å². The molecule has 0 aliphatic rings. The van der Waals surface area contributed by atoms with Crippen molar-refractivity contribution < 1.29 is 19.6 Å². The second-order valence-corrected chi connectivity index (χ2v) is 6.62. The zero-order valence-electron chi connectivity index (χ0n) is 15.6. The summed E-state index contributed by atoms with van der Waals surface area (Å²) in [5.41, 5.74) is 1.41. The van der Waals surface area contributed by atoms with E-state index in [1.54, 1.807) is 18.2 Å². The fourth-order valence-corrected chi connectivity index (χ4v) is 3.48. The van der Waals surface area contributed by atoms with E-state index in [0.717, 1.165) is 32.3 Å². The van der Waals surface area contributed by atoms with Gasteiger partial charge in [-0.2, -0.15) is 0 Å². The highest BCUT2D eigenvalue weighted by Gasteiger charge is 2.19. The number of nitrogens with zero attached hydrogens (tertiary/aromatic N) is 1. The Hall–Kier alpha value is -3.57. The largest absolute Gasteiger partial charge is 0.426 e. The molecule has 0 aromatic heterocycles. The van der Waals surface area contributed by atoms with E-state index < -0.39 is 5.97 Å². The lowest BCUT2D eigenvalue weighted by Crippen LogP contribution is -2.23. The van der Waals surface area contributed by atoms with Gasteiger partial charge in [-0.05, 0) is 41.3 Å². The maximum absolute atomic E-state index is 11.7. The van der Waals surface area contributed by atoms with Crippen LogP contribution in [0.1, 0.15) is 12.5 Å². The van der Waals surface area contributed by atoms with Crippen LogP contribution in [0, 0.1) is 6.92 Å². The summed E-state index contributed by atoms with van der Waals surface area (Å²) < 4.78 is 5.44. The van der Waals surface area contributed by atoms with Crippen molar-refractivity contribution in [2.45, 2.75) is 13.8 Å². The molecule has 0 heterocycles. The smallest absolute Gasteiger partial charge is 0.308 e. The summed E-state index contributed by atoms with van der Waals surface area (Å²) in [5, 5.41) is 15.6. The lowest BCUT2D eigenvalue weighted by Gasteiger charge is -2.21. The van der Waals surface area contributed by atoms with Gasteiger partial charge in [0.25, 0.3) is 0 Å². The van der Waals surface area contributed by atoms with E-state index in [0.29, 0.717) is 22.4 Å². The summed E-state index contributed by atoms with van der Waals surface area (Å²) in [6.07, 6.45) is 0. The number of anilines is 1. The predicted molar refractivity (Wildman–Crippen MR) is 110 cm³/mol. The van der Waals surface area contributed by atoms with E-state index in [1.165, 1.54) is 6.92 Å². The number of esters is 1. The third-order valence-electron chi connectivity index (χ3n) is 4.66. The summed E-state index contributed by atoms with van der Waals surface area (Å²) in [4.78, 5) is 17.2. The third-order valence-corrected chi connectivity index (χ3v) is 4.66. The molecule has 0 saturated carbocycles. The minimum atomic E-state index is -0.443. The second-order valence-electron chi connectivity index (χ2n) is 6.62.